The first kappa shape index (κ1) is 19.8. The Morgan fingerprint density at radius 2 is 1.89 bits per heavy atom. The topological polar surface area (TPSA) is 96.0 Å². The van der Waals surface area contributed by atoms with Crippen molar-refractivity contribution < 1.29 is 22.7 Å². The molecule has 2 aliphatic rings. The van der Waals surface area contributed by atoms with Gasteiger partial charge < -0.3 is 10.1 Å². The van der Waals surface area contributed by atoms with Crippen LogP contribution in [0.1, 0.15) is 18.4 Å². The minimum atomic E-state index is -4.05. The maximum atomic E-state index is 12.9. The van der Waals surface area contributed by atoms with Gasteiger partial charge in [0, 0.05) is 32.6 Å². The van der Waals surface area contributed by atoms with Crippen LogP contribution in [0.5, 0.6) is 0 Å². The van der Waals surface area contributed by atoms with Crippen molar-refractivity contribution in [2.24, 2.45) is 0 Å². The quantitative estimate of drug-likeness (QED) is 0.735. The van der Waals surface area contributed by atoms with Crippen LogP contribution in [0.3, 0.4) is 0 Å². The highest BCUT2D eigenvalue weighted by molar-refractivity contribution is 7.89. The van der Waals surface area contributed by atoms with E-state index in [-0.39, 0.29) is 17.7 Å². The van der Waals surface area contributed by atoms with Gasteiger partial charge in [0.1, 0.15) is 6.04 Å². The molecule has 2 aliphatic heterocycles. The van der Waals surface area contributed by atoms with Crippen LogP contribution >= 0.6 is 0 Å². The van der Waals surface area contributed by atoms with Crippen molar-refractivity contribution in [1.29, 1.82) is 0 Å². The van der Waals surface area contributed by atoms with Gasteiger partial charge in [-0.3, -0.25) is 14.5 Å². The summed E-state index contributed by atoms with van der Waals surface area (Å²) in [6, 6.07) is 5.27. The molecule has 27 heavy (non-hydrogen) atoms. The third-order valence-corrected chi connectivity index (χ3v) is 6.72. The molecule has 0 aliphatic carbocycles. The van der Waals surface area contributed by atoms with E-state index in [0.29, 0.717) is 26.3 Å². The zero-order chi connectivity index (χ0) is 19.4. The number of hydrogen-bond acceptors (Lipinski definition) is 6. The number of carbonyl (C=O) groups is 2. The third kappa shape index (κ3) is 4.48. The molecule has 0 saturated carbocycles. The molecule has 0 aromatic heterocycles. The van der Waals surface area contributed by atoms with Crippen LogP contribution in [-0.2, 0) is 24.3 Å². The molecule has 148 valence electrons. The third-order valence-electron chi connectivity index (χ3n) is 4.87. The van der Waals surface area contributed by atoms with Gasteiger partial charge in [-0.25, -0.2) is 12.7 Å². The standard InChI is InChI=1S/C18H25N3O5S/c1-14-2-4-15(5-3-14)27(24,25)21-16(6-7-17(21)22)18(23)19-8-9-20-10-12-26-13-11-20/h2-5,16H,6-13H2,1H3,(H,19,23)/t16-/m1/s1. The fraction of sp³-hybridized carbons (Fsp3) is 0.556. The average Bonchev–Trinajstić information content (AvgIpc) is 3.05. The van der Waals surface area contributed by atoms with Gasteiger partial charge in [0.05, 0.1) is 18.1 Å². The van der Waals surface area contributed by atoms with Crippen molar-refractivity contribution in [2.75, 3.05) is 39.4 Å². The Kier molecular flexibility index (Phi) is 6.13. The molecule has 3 rings (SSSR count). The number of sulfonamides is 1. The maximum absolute atomic E-state index is 12.9. The monoisotopic (exact) mass is 395 g/mol. The molecule has 0 unspecified atom stereocenters. The average molecular weight is 395 g/mol. The van der Waals surface area contributed by atoms with Crippen LogP contribution in [0.15, 0.2) is 29.2 Å². The van der Waals surface area contributed by atoms with Crippen molar-refractivity contribution in [3.05, 3.63) is 29.8 Å². The Morgan fingerprint density at radius 3 is 2.56 bits per heavy atom. The van der Waals surface area contributed by atoms with E-state index in [0.717, 1.165) is 23.0 Å². The van der Waals surface area contributed by atoms with E-state index >= 15 is 0 Å². The lowest BCUT2D eigenvalue weighted by Gasteiger charge is -2.27. The van der Waals surface area contributed by atoms with Crippen LogP contribution in [0, 0.1) is 6.92 Å². The lowest BCUT2D eigenvalue weighted by molar-refractivity contribution is -0.130. The molecule has 0 radical (unpaired) electrons. The Balaban J connectivity index is 1.66. The second-order valence-corrected chi connectivity index (χ2v) is 8.62. The van der Waals surface area contributed by atoms with Gasteiger partial charge in [-0.2, -0.15) is 0 Å². The molecule has 1 aromatic rings. The number of ether oxygens (including phenoxy) is 1. The predicted molar refractivity (Wildman–Crippen MR) is 98.5 cm³/mol. The van der Waals surface area contributed by atoms with Crippen LogP contribution in [0.4, 0.5) is 0 Å². The lowest BCUT2D eigenvalue weighted by atomic mass is 10.2. The number of aryl methyl sites for hydroxylation is 1. The summed E-state index contributed by atoms with van der Waals surface area (Å²) in [5.41, 5.74) is 0.916. The number of nitrogens with zero attached hydrogens (tertiary/aromatic N) is 2. The van der Waals surface area contributed by atoms with E-state index in [4.69, 9.17) is 4.74 Å². The molecule has 2 fully saturated rings. The van der Waals surface area contributed by atoms with Gasteiger partial charge in [0.2, 0.25) is 11.8 Å². The van der Waals surface area contributed by atoms with Crippen LogP contribution in [0.25, 0.3) is 0 Å². The van der Waals surface area contributed by atoms with E-state index in [2.05, 4.69) is 10.2 Å². The fourth-order valence-electron chi connectivity index (χ4n) is 3.30. The Morgan fingerprint density at radius 1 is 1.22 bits per heavy atom. The van der Waals surface area contributed by atoms with Gasteiger partial charge in [-0.15, -0.1) is 0 Å². The second kappa shape index (κ2) is 8.37. The molecular weight excluding hydrogens is 370 g/mol. The lowest BCUT2D eigenvalue weighted by Crippen LogP contribution is -2.49. The molecule has 2 saturated heterocycles. The Bertz CT molecular complexity index is 788. The SMILES string of the molecule is Cc1ccc(S(=O)(=O)N2C(=O)CC[C@@H]2C(=O)NCCN2CCOCC2)cc1. The van der Waals surface area contributed by atoms with E-state index in [1.165, 1.54) is 12.1 Å². The highest BCUT2D eigenvalue weighted by Crippen LogP contribution is 2.27. The first-order chi connectivity index (χ1) is 12.9. The summed E-state index contributed by atoms with van der Waals surface area (Å²) in [7, 11) is -4.05. The second-order valence-electron chi connectivity index (χ2n) is 6.81. The number of benzene rings is 1. The summed E-state index contributed by atoms with van der Waals surface area (Å²) in [4.78, 5) is 27.0. The normalized spacial score (nSPS) is 21.4. The fourth-order valence-corrected chi connectivity index (χ4v) is 4.91. The summed E-state index contributed by atoms with van der Waals surface area (Å²) in [6.45, 7) is 5.89. The largest absolute Gasteiger partial charge is 0.379 e. The number of rotatable bonds is 6. The predicted octanol–water partition coefficient (Wildman–Crippen LogP) is 0.123. The highest BCUT2D eigenvalue weighted by Gasteiger charge is 2.44. The Hall–Kier alpha value is -1.97. The van der Waals surface area contributed by atoms with E-state index in [1.807, 2.05) is 6.92 Å². The summed E-state index contributed by atoms with van der Waals surface area (Å²) in [5, 5.41) is 2.78. The van der Waals surface area contributed by atoms with Crippen molar-refractivity contribution >= 4 is 21.8 Å². The van der Waals surface area contributed by atoms with E-state index < -0.39 is 27.9 Å². The number of hydrogen-bond donors (Lipinski definition) is 1. The van der Waals surface area contributed by atoms with E-state index in [9.17, 15) is 18.0 Å². The number of carbonyl (C=O) groups excluding carboxylic acids is 2. The molecule has 0 spiro atoms. The van der Waals surface area contributed by atoms with Gasteiger partial charge in [0.25, 0.3) is 10.0 Å². The van der Waals surface area contributed by atoms with Crippen molar-refractivity contribution in [3.63, 3.8) is 0 Å². The molecule has 1 aromatic carbocycles. The van der Waals surface area contributed by atoms with Crippen molar-refractivity contribution in [3.8, 4) is 0 Å². The van der Waals surface area contributed by atoms with Crippen molar-refractivity contribution in [1.82, 2.24) is 14.5 Å². The highest BCUT2D eigenvalue weighted by atomic mass is 32.2. The molecule has 1 N–H and O–H groups in total. The summed E-state index contributed by atoms with van der Waals surface area (Å²) >= 11 is 0. The molecule has 2 amide bonds. The smallest absolute Gasteiger partial charge is 0.267 e. The van der Waals surface area contributed by atoms with Crippen LogP contribution < -0.4 is 5.32 Å². The molecule has 1 atom stereocenters. The molecule has 8 nitrogen and oxygen atoms in total. The maximum Gasteiger partial charge on any atom is 0.267 e. The van der Waals surface area contributed by atoms with Gasteiger partial charge in [-0.1, -0.05) is 17.7 Å². The van der Waals surface area contributed by atoms with Gasteiger partial charge in [-0.05, 0) is 25.5 Å². The van der Waals surface area contributed by atoms with E-state index in [1.54, 1.807) is 12.1 Å². The molecular formula is C18H25N3O5S. The van der Waals surface area contributed by atoms with Crippen LogP contribution in [0.2, 0.25) is 0 Å². The van der Waals surface area contributed by atoms with Crippen LogP contribution in [-0.4, -0.2) is 74.9 Å². The number of nitrogens with one attached hydrogen (secondary N) is 1. The first-order valence-electron chi connectivity index (χ1n) is 9.11. The zero-order valence-corrected chi connectivity index (χ0v) is 16.2. The van der Waals surface area contributed by atoms with Gasteiger partial charge in [0.15, 0.2) is 0 Å². The molecule has 9 heteroatoms. The van der Waals surface area contributed by atoms with Gasteiger partial charge >= 0.3 is 0 Å². The zero-order valence-electron chi connectivity index (χ0n) is 15.4. The Labute approximate surface area is 159 Å². The molecule has 0 bridgehead atoms. The summed E-state index contributed by atoms with van der Waals surface area (Å²) in [6.07, 6.45) is 0.250. The van der Waals surface area contributed by atoms with Crippen molar-refractivity contribution in [2.45, 2.75) is 30.7 Å². The minimum Gasteiger partial charge on any atom is -0.379 e. The number of morpholine rings is 1. The summed E-state index contributed by atoms with van der Waals surface area (Å²) < 4.78 is 31.8. The summed E-state index contributed by atoms with van der Waals surface area (Å²) in [5.74, 6) is -0.964. The first-order valence-corrected chi connectivity index (χ1v) is 10.6. The molecule has 2 heterocycles. The minimum absolute atomic E-state index is 0.0227. The number of amides is 2.